The average Bonchev–Trinajstić information content (AvgIpc) is 2.57. The zero-order valence-electron chi connectivity index (χ0n) is 7.42. The molecule has 1 fully saturated rings. The molecular weight excluding hydrogens is 150 g/mol. The third-order valence-electron chi connectivity index (χ3n) is 2.87. The van der Waals surface area contributed by atoms with Crippen LogP contribution in [0, 0.1) is 5.92 Å². The van der Waals surface area contributed by atoms with E-state index in [0.29, 0.717) is 12.0 Å². The van der Waals surface area contributed by atoms with E-state index in [4.69, 9.17) is 5.73 Å². The summed E-state index contributed by atoms with van der Waals surface area (Å²) in [5.41, 5.74) is 6.04. The van der Waals surface area contributed by atoms with Crippen molar-refractivity contribution in [2.45, 2.75) is 31.7 Å². The van der Waals surface area contributed by atoms with Crippen molar-refractivity contribution in [2.24, 2.45) is 16.6 Å². The van der Waals surface area contributed by atoms with Crippen LogP contribution in [0.1, 0.15) is 25.7 Å². The first kappa shape index (κ1) is 8.05. The molecule has 0 radical (unpaired) electrons. The minimum absolute atomic E-state index is 0.350. The lowest BCUT2D eigenvalue weighted by atomic mass is 9.84. The van der Waals surface area contributed by atoms with Gasteiger partial charge in [0.05, 0.1) is 6.54 Å². The van der Waals surface area contributed by atoms with E-state index in [1.165, 1.54) is 31.5 Å². The minimum Gasteiger partial charge on any atom is -0.372 e. The normalized spacial score (nSPS) is 35.9. The molecule has 12 heavy (non-hydrogen) atoms. The highest BCUT2D eigenvalue weighted by Crippen LogP contribution is 2.24. The van der Waals surface area contributed by atoms with Gasteiger partial charge in [0, 0.05) is 18.5 Å². The molecule has 68 valence electrons. The smallest absolute Gasteiger partial charge is 0.101 e. The molecule has 2 unspecified atom stereocenters. The van der Waals surface area contributed by atoms with Crippen LogP contribution in [0.2, 0.25) is 0 Å². The van der Waals surface area contributed by atoms with Crippen molar-refractivity contribution >= 4 is 5.84 Å². The van der Waals surface area contributed by atoms with Crippen LogP contribution in [0.5, 0.6) is 0 Å². The Morgan fingerprint density at radius 3 is 2.83 bits per heavy atom. The Morgan fingerprint density at radius 2 is 2.17 bits per heavy atom. The Balaban J connectivity index is 2.00. The van der Waals surface area contributed by atoms with Crippen molar-refractivity contribution in [1.82, 2.24) is 5.32 Å². The van der Waals surface area contributed by atoms with Gasteiger partial charge in [0.15, 0.2) is 0 Å². The number of hydrogen-bond donors (Lipinski definition) is 2. The maximum Gasteiger partial charge on any atom is 0.101 e. The summed E-state index contributed by atoms with van der Waals surface area (Å²) in [7, 11) is 0. The Hall–Kier alpha value is -0.570. The largest absolute Gasteiger partial charge is 0.372 e. The van der Waals surface area contributed by atoms with Crippen LogP contribution < -0.4 is 11.1 Å². The molecule has 2 atom stereocenters. The molecule has 0 aromatic carbocycles. The van der Waals surface area contributed by atoms with Gasteiger partial charge < -0.3 is 11.1 Å². The first-order valence-electron chi connectivity index (χ1n) is 4.92. The highest BCUT2D eigenvalue weighted by atomic mass is 15.1. The van der Waals surface area contributed by atoms with Gasteiger partial charge in [-0.05, 0) is 12.8 Å². The highest BCUT2D eigenvalue weighted by Gasteiger charge is 2.27. The van der Waals surface area contributed by atoms with E-state index >= 15 is 0 Å². The summed E-state index contributed by atoms with van der Waals surface area (Å²) in [6.45, 7) is 1.96. The highest BCUT2D eigenvalue weighted by molar-refractivity contribution is 5.86. The summed E-state index contributed by atoms with van der Waals surface area (Å²) in [6, 6.07) is 0.350. The number of nitrogens with one attached hydrogen (secondary N) is 1. The fraction of sp³-hybridized carbons (Fsp3) is 0.889. The third-order valence-corrected chi connectivity index (χ3v) is 2.87. The molecule has 0 aromatic rings. The standard InChI is InChI=1S/C9H17N3/c10-8-4-2-1-3-7(8)9-11-5-6-12-9/h7-8H,1-6,10H2,(H,11,12). The summed E-state index contributed by atoms with van der Waals surface area (Å²) in [4.78, 5) is 4.44. The molecule has 0 spiro atoms. The van der Waals surface area contributed by atoms with Crippen molar-refractivity contribution in [3.05, 3.63) is 0 Å². The van der Waals surface area contributed by atoms with Crippen LogP contribution in [-0.2, 0) is 0 Å². The minimum atomic E-state index is 0.350. The van der Waals surface area contributed by atoms with Gasteiger partial charge in [0.2, 0.25) is 0 Å². The van der Waals surface area contributed by atoms with Crippen LogP contribution in [-0.4, -0.2) is 25.0 Å². The Kier molecular flexibility index (Phi) is 2.30. The van der Waals surface area contributed by atoms with E-state index in [1.54, 1.807) is 0 Å². The lowest BCUT2D eigenvalue weighted by Crippen LogP contribution is -2.42. The van der Waals surface area contributed by atoms with Gasteiger partial charge in [0.25, 0.3) is 0 Å². The molecule has 0 aromatic heterocycles. The van der Waals surface area contributed by atoms with E-state index in [1.807, 2.05) is 0 Å². The SMILES string of the molecule is NC1CCCCC1C1=NCCN1. The molecule has 1 aliphatic carbocycles. The van der Waals surface area contributed by atoms with Crippen LogP contribution in [0.3, 0.4) is 0 Å². The first-order valence-corrected chi connectivity index (χ1v) is 4.92. The van der Waals surface area contributed by atoms with E-state index in [9.17, 15) is 0 Å². The van der Waals surface area contributed by atoms with Gasteiger partial charge in [0.1, 0.15) is 5.84 Å². The molecule has 1 heterocycles. The van der Waals surface area contributed by atoms with Gasteiger partial charge in [-0.3, -0.25) is 4.99 Å². The van der Waals surface area contributed by atoms with Crippen molar-refractivity contribution < 1.29 is 0 Å². The summed E-state index contributed by atoms with van der Waals surface area (Å²) < 4.78 is 0. The van der Waals surface area contributed by atoms with Crippen molar-refractivity contribution in [1.29, 1.82) is 0 Å². The molecule has 1 saturated carbocycles. The molecule has 3 nitrogen and oxygen atoms in total. The van der Waals surface area contributed by atoms with Crippen LogP contribution in [0.4, 0.5) is 0 Å². The number of aliphatic imine (C=N–C) groups is 1. The van der Waals surface area contributed by atoms with Gasteiger partial charge >= 0.3 is 0 Å². The van der Waals surface area contributed by atoms with Gasteiger partial charge in [-0.25, -0.2) is 0 Å². The van der Waals surface area contributed by atoms with E-state index in [0.717, 1.165) is 13.1 Å². The number of hydrogen-bond acceptors (Lipinski definition) is 3. The van der Waals surface area contributed by atoms with Crippen molar-refractivity contribution in [3.63, 3.8) is 0 Å². The lowest BCUT2D eigenvalue weighted by molar-refractivity contribution is 0.376. The fourth-order valence-corrected chi connectivity index (χ4v) is 2.16. The summed E-state index contributed by atoms with van der Waals surface area (Å²) in [6.07, 6.45) is 5.02. The molecule has 0 amide bonds. The van der Waals surface area contributed by atoms with E-state index < -0.39 is 0 Å². The Bertz CT molecular complexity index is 188. The molecule has 0 bridgehead atoms. The number of nitrogens with zero attached hydrogens (tertiary/aromatic N) is 1. The fourth-order valence-electron chi connectivity index (χ4n) is 2.16. The Morgan fingerprint density at radius 1 is 1.33 bits per heavy atom. The molecule has 1 aliphatic heterocycles. The maximum absolute atomic E-state index is 6.04. The maximum atomic E-state index is 6.04. The predicted molar refractivity (Wildman–Crippen MR) is 50.2 cm³/mol. The van der Waals surface area contributed by atoms with Crippen molar-refractivity contribution in [3.8, 4) is 0 Å². The van der Waals surface area contributed by atoms with Gasteiger partial charge in [-0.15, -0.1) is 0 Å². The van der Waals surface area contributed by atoms with Crippen LogP contribution in [0.25, 0.3) is 0 Å². The second-order valence-electron chi connectivity index (χ2n) is 3.75. The molecule has 2 aliphatic rings. The first-order chi connectivity index (χ1) is 5.88. The van der Waals surface area contributed by atoms with Crippen molar-refractivity contribution in [2.75, 3.05) is 13.1 Å². The zero-order chi connectivity index (χ0) is 8.39. The molecule has 2 rings (SSSR count). The van der Waals surface area contributed by atoms with Crippen LogP contribution in [0.15, 0.2) is 4.99 Å². The summed E-state index contributed by atoms with van der Waals surface area (Å²) in [5, 5.41) is 3.33. The van der Waals surface area contributed by atoms with Gasteiger partial charge in [-0.1, -0.05) is 12.8 Å². The lowest BCUT2D eigenvalue weighted by Gasteiger charge is -2.28. The number of rotatable bonds is 1. The second kappa shape index (κ2) is 3.44. The summed E-state index contributed by atoms with van der Waals surface area (Å²) in [5.74, 6) is 1.71. The Labute approximate surface area is 73.4 Å². The summed E-state index contributed by atoms with van der Waals surface area (Å²) >= 11 is 0. The molecule has 3 N–H and O–H groups in total. The van der Waals surface area contributed by atoms with Crippen LogP contribution >= 0.6 is 0 Å². The average molecular weight is 167 g/mol. The topological polar surface area (TPSA) is 50.4 Å². The molecule has 0 saturated heterocycles. The number of nitrogens with two attached hydrogens (primary N) is 1. The quantitative estimate of drug-likeness (QED) is 0.597. The molecular formula is C9H17N3. The zero-order valence-corrected chi connectivity index (χ0v) is 7.42. The van der Waals surface area contributed by atoms with Gasteiger partial charge in [-0.2, -0.15) is 0 Å². The molecule has 3 heteroatoms. The third kappa shape index (κ3) is 1.46. The predicted octanol–water partition coefficient (Wildman–Crippen LogP) is 0.506. The van der Waals surface area contributed by atoms with E-state index in [-0.39, 0.29) is 0 Å². The monoisotopic (exact) mass is 167 g/mol. The number of amidine groups is 1. The second-order valence-corrected chi connectivity index (χ2v) is 3.75. The van der Waals surface area contributed by atoms with E-state index in [2.05, 4.69) is 10.3 Å².